The van der Waals surface area contributed by atoms with Crippen molar-refractivity contribution >= 4 is 5.97 Å². The van der Waals surface area contributed by atoms with Gasteiger partial charge in [-0.15, -0.1) is 0 Å². The minimum Gasteiger partial charge on any atom is -0.491 e. The molecule has 0 spiro atoms. The van der Waals surface area contributed by atoms with Crippen molar-refractivity contribution in [1.29, 1.82) is 0 Å². The zero-order valence-corrected chi connectivity index (χ0v) is 11.9. The summed E-state index contributed by atoms with van der Waals surface area (Å²) in [5.74, 6) is 0.0623. The van der Waals surface area contributed by atoms with E-state index in [1.54, 1.807) is 0 Å². The largest absolute Gasteiger partial charge is 0.491 e. The number of nitrogens with zero attached hydrogens (tertiary/aromatic N) is 1. The van der Waals surface area contributed by atoms with Crippen molar-refractivity contribution in [2.75, 3.05) is 13.1 Å². The molecular weight excluding hydrogens is 242 g/mol. The molecule has 0 atom stereocenters. The number of hydrogen-bond donors (Lipinski definition) is 1. The first-order valence-electron chi connectivity index (χ1n) is 6.71. The highest BCUT2D eigenvalue weighted by molar-refractivity contribution is 5.69. The third kappa shape index (κ3) is 6.25. The Morgan fingerprint density at radius 2 is 1.95 bits per heavy atom. The summed E-state index contributed by atoms with van der Waals surface area (Å²) in [6.45, 7) is 7.55. The van der Waals surface area contributed by atoms with Gasteiger partial charge in [-0.25, -0.2) is 0 Å². The van der Waals surface area contributed by atoms with Crippen molar-refractivity contribution in [2.24, 2.45) is 0 Å². The van der Waals surface area contributed by atoms with Crippen molar-refractivity contribution in [3.05, 3.63) is 29.8 Å². The lowest BCUT2D eigenvalue weighted by Gasteiger charge is -2.19. The summed E-state index contributed by atoms with van der Waals surface area (Å²) in [4.78, 5) is 12.7. The highest BCUT2D eigenvalue weighted by Crippen LogP contribution is 2.15. The van der Waals surface area contributed by atoms with E-state index < -0.39 is 5.97 Å². The second-order valence-corrected chi connectivity index (χ2v) is 4.91. The summed E-state index contributed by atoms with van der Waals surface area (Å²) in [6.07, 6.45) is 1.11. The fourth-order valence-electron chi connectivity index (χ4n) is 1.93. The summed E-state index contributed by atoms with van der Waals surface area (Å²) in [5, 5.41) is 8.87. The zero-order chi connectivity index (χ0) is 14.3. The quantitative estimate of drug-likeness (QED) is 0.785. The van der Waals surface area contributed by atoms with Crippen LogP contribution in [0.4, 0.5) is 0 Å². The number of aliphatic carboxylic acids is 1. The number of ether oxygens (including phenoxy) is 1. The Morgan fingerprint density at radius 1 is 1.32 bits per heavy atom. The average molecular weight is 265 g/mol. The Labute approximate surface area is 115 Å². The maximum atomic E-state index is 10.8. The number of rotatable bonds is 8. The van der Waals surface area contributed by atoms with Crippen LogP contribution in [0.15, 0.2) is 24.3 Å². The van der Waals surface area contributed by atoms with E-state index in [1.165, 1.54) is 0 Å². The van der Waals surface area contributed by atoms with E-state index in [0.717, 1.165) is 24.3 Å². The molecule has 0 fully saturated rings. The highest BCUT2D eigenvalue weighted by Gasteiger charge is 2.09. The Balaban J connectivity index is 2.61. The predicted molar refractivity (Wildman–Crippen MR) is 75.4 cm³/mol. The van der Waals surface area contributed by atoms with E-state index >= 15 is 0 Å². The second kappa shape index (κ2) is 7.79. The topological polar surface area (TPSA) is 49.8 Å². The van der Waals surface area contributed by atoms with E-state index in [4.69, 9.17) is 9.84 Å². The normalized spacial score (nSPS) is 11.0. The molecule has 1 rings (SSSR count). The first-order valence-corrected chi connectivity index (χ1v) is 6.71. The molecule has 19 heavy (non-hydrogen) atoms. The van der Waals surface area contributed by atoms with E-state index in [9.17, 15) is 4.79 Å². The molecule has 0 aliphatic heterocycles. The highest BCUT2D eigenvalue weighted by atomic mass is 16.5. The minimum absolute atomic E-state index is 0.0814. The number of hydrogen-bond acceptors (Lipinski definition) is 3. The molecule has 4 heteroatoms. The summed E-state index contributed by atoms with van der Waals surface area (Å²) >= 11 is 0. The molecule has 1 aromatic rings. The second-order valence-electron chi connectivity index (χ2n) is 4.91. The van der Waals surface area contributed by atoms with Gasteiger partial charge in [-0.05, 0) is 44.5 Å². The van der Waals surface area contributed by atoms with Gasteiger partial charge in [0.15, 0.2) is 0 Å². The first-order chi connectivity index (χ1) is 9.01. The van der Waals surface area contributed by atoms with Crippen molar-refractivity contribution in [3.63, 3.8) is 0 Å². The molecule has 106 valence electrons. The molecule has 4 nitrogen and oxygen atoms in total. The summed E-state index contributed by atoms with van der Waals surface area (Å²) in [7, 11) is 0. The molecule has 0 radical (unpaired) electrons. The number of carboxylic acids is 1. The summed E-state index contributed by atoms with van der Waals surface area (Å²) in [6, 6.07) is 7.84. The van der Waals surface area contributed by atoms with Gasteiger partial charge in [0.1, 0.15) is 5.75 Å². The standard InChI is InChI=1S/C15H23NO3/c1-4-9-16(11-15(17)18)10-13-5-7-14(8-6-13)19-12(2)3/h5-8,12H,4,9-11H2,1-3H3,(H,17,18). The SMILES string of the molecule is CCCN(CC(=O)O)Cc1ccc(OC(C)C)cc1. The van der Waals surface area contributed by atoms with Crippen molar-refractivity contribution < 1.29 is 14.6 Å². The smallest absolute Gasteiger partial charge is 0.317 e. The van der Waals surface area contributed by atoms with E-state index in [1.807, 2.05) is 43.0 Å². The van der Waals surface area contributed by atoms with Gasteiger partial charge < -0.3 is 9.84 Å². The third-order valence-electron chi connectivity index (χ3n) is 2.60. The molecule has 0 amide bonds. The fraction of sp³-hybridized carbons (Fsp3) is 0.533. The maximum absolute atomic E-state index is 10.8. The van der Waals surface area contributed by atoms with Gasteiger partial charge in [-0.3, -0.25) is 9.69 Å². The van der Waals surface area contributed by atoms with Gasteiger partial charge in [-0.2, -0.15) is 0 Å². The van der Waals surface area contributed by atoms with Crippen LogP contribution in [0.3, 0.4) is 0 Å². The van der Waals surface area contributed by atoms with Gasteiger partial charge in [-0.1, -0.05) is 19.1 Å². The molecule has 1 aromatic carbocycles. The minimum atomic E-state index is -0.784. The third-order valence-corrected chi connectivity index (χ3v) is 2.60. The molecule has 0 unspecified atom stereocenters. The number of carbonyl (C=O) groups is 1. The average Bonchev–Trinajstić information content (AvgIpc) is 2.30. The van der Waals surface area contributed by atoms with Gasteiger partial charge in [0.05, 0.1) is 12.6 Å². The van der Waals surface area contributed by atoms with Crippen LogP contribution < -0.4 is 4.74 Å². The Bertz CT molecular complexity index is 387. The monoisotopic (exact) mass is 265 g/mol. The maximum Gasteiger partial charge on any atom is 0.317 e. The molecule has 0 bridgehead atoms. The lowest BCUT2D eigenvalue weighted by atomic mass is 10.2. The summed E-state index contributed by atoms with van der Waals surface area (Å²) in [5.41, 5.74) is 1.10. The molecule has 0 aliphatic rings. The Morgan fingerprint density at radius 3 is 2.42 bits per heavy atom. The number of benzene rings is 1. The van der Waals surface area contributed by atoms with Crippen LogP contribution in [0.1, 0.15) is 32.8 Å². The lowest BCUT2D eigenvalue weighted by molar-refractivity contribution is -0.138. The first kappa shape index (κ1) is 15.5. The Hall–Kier alpha value is -1.55. The lowest BCUT2D eigenvalue weighted by Crippen LogP contribution is -2.30. The van der Waals surface area contributed by atoms with Crippen LogP contribution in [0.5, 0.6) is 5.75 Å². The molecule has 1 N–H and O–H groups in total. The Kier molecular flexibility index (Phi) is 6.36. The molecule has 0 aromatic heterocycles. The van der Waals surface area contributed by atoms with Crippen LogP contribution in [0.25, 0.3) is 0 Å². The van der Waals surface area contributed by atoms with Gasteiger partial charge in [0, 0.05) is 6.54 Å². The van der Waals surface area contributed by atoms with Crippen molar-refractivity contribution in [2.45, 2.75) is 39.8 Å². The zero-order valence-electron chi connectivity index (χ0n) is 11.9. The van der Waals surface area contributed by atoms with Gasteiger partial charge in [0.2, 0.25) is 0 Å². The van der Waals surface area contributed by atoms with Crippen molar-refractivity contribution in [3.8, 4) is 5.75 Å². The van der Waals surface area contributed by atoms with E-state index in [0.29, 0.717) is 6.54 Å². The van der Waals surface area contributed by atoms with Crippen LogP contribution in [0, 0.1) is 0 Å². The van der Waals surface area contributed by atoms with Crippen LogP contribution >= 0.6 is 0 Å². The molecule has 0 saturated heterocycles. The van der Waals surface area contributed by atoms with Gasteiger partial charge >= 0.3 is 5.97 Å². The predicted octanol–water partition coefficient (Wildman–Crippen LogP) is 2.77. The van der Waals surface area contributed by atoms with Crippen LogP contribution in [-0.4, -0.2) is 35.2 Å². The van der Waals surface area contributed by atoms with Crippen molar-refractivity contribution in [1.82, 2.24) is 4.90 Å². The molecule has 0 heterocycles. The molecule has 0 saturated carbocycles. The molecular formula is C15H23NO3. The fourth-order valence-corrected chi connectivity index (χ4v) is 1.93. The van der Waals surface area contributed by atoms with Gasteiger partial charge in [0.25, 0.3) is 0 Å². The van der Waals surface area contributed by atoms with Crippen LogP contribution in [0.2, 0.25) is 0 Å². The van der Waals surface area contributed by atoms with E-state index in [2.05, 4.69) is 6.92 Å². The number of carboxylic acid groups (broad SMARTS) is 1. The molecule has 0 aliphatic carbocycles. The summed E-state index contributed by atoms with van der Waals surface area (Å²) < 4.78 is 5.58. The van der Waals surface area contributed by atoms with E-state index in [-0.39, 0.29) is 12.6 Å². The van der Waals surface area contributed by atoms with Crippen LogP contribution in [-0.2, 0) is 11.3 Å².